The van der Waals surface area contributed by atoms with Crippen molar-refractivity contribution in [1.82, 2.24) is 4.98 Å². The number of aliphatic hydroxyl groups is 1. The van der Waals surface area contributed by atoms with E-state index in [-0.39, 0.29) is 0 Å². The second-order valence-corrected chi connectivity index (χ2v) is 7.02. The lowest BCUT2D eigenvalue weighted by Crippen LogP contribution is -2.00. The van der Waals surface area contributed by atoms with Gasteiger partial charge < -0.3 is 9.84 Å². The maximum Gasteiger partial charge on any atom is 0.214 e. The molecular formula is C25H19NO2. The summed E-state index contributed by atoms with van der Waals surface area (Å²) in [7, 11) is 1.63. The van der Waals surface area contributed by atoms with Crippen molar-refractivity contribution in [3.8, 4) is 17.0 Å². The van der Waals surface area contributed by atoms with Crippen LogP contribution in [0.2, 0.25) is 0 Å². The largest absolute Gasteiger partial charge is 0.481 e. The van der Waals surface area contributed by atoms with Gasteiger partial charge in [-0.3, -0.25) is 0 Å². The van der Waals surface area contributed by atoms with E-state index in [1.807, 2.05) is 48.5 Å². The Morgan fingerprint density at radius 1 is 0.821 bits per heavy atom. The summed E-state index contributed by atoms with van der Waals surface area (Å²) in [6.45, 7) is 0. The fourth-order valence-corrected chi connectivity index (χ4v) is 3.76. The van der Waals surface area contributed by atoms with Gasteiger partial charge >= 0.3 is 0 Å². The summed E-state index contributed by atoms with van der Waals surface area (Å²) in [5.41, 5.74) is 6.86. The van der Waals surface area contributed by atoms with E-state index in [2.05, 4.69) is 41.4 Å². The summed E-state index contributed by atoms with van der Waals surface area (Å²) in [5.74, 6) is 0.577. The zero-order chi connectivity index (χ0) is 19.1. The van der Waals surface area contributed by atoms with Gasteiger partial charge in [-0.15, -0.1) is 0 Å². The van der Waals surface area contributed by atoms with Crippen molar-refractivity contribution in [2.45, 2.75) is 6.10 Å². The summed E-state index contributed by atoms with van der Waals surface area (Å²) in [6, 6.07) is 24.3. The van der Waals surface area contributed by atoms with Gasteiger partial charge in [-0.05, 0) is 57.6 Å². The van der Waals surface area contributed by atoms with Crippen LogP contribution in [0.15, 0.2) is 72.8 Å². The highest BCUT2D eigenvalue weighted by atomic mass is 16.5. The van der Waals surface area contributed by atoms with Crippen molar-refractivity contribution in [2.24, 2.45) is 0 Å². The molecule has 1 N–H and O–H groups in total. The van der Waals surface area contributed by atoms with E-state index < -0.39 is 6.10 Å². The number of ether oxygens (including phenoxy) is 1. The second-order valence-electron chi connectivity index (χ2n) is 7.02. The number of nitrogens with zero attached hydrogens (tertiary/aromatic N) is 1. The Labute approximate surface area is 163 Å². The molecule has 5 rings (SSSR count). The Bertz CT molecular complexity index is 1230. The fraction of sp³-hybridized carbons (Fsp3) is 0.0800. The predicted octanol–water partition coefficient (Wildman–Crippen LogP) is 5.48. The lowest BCUT2D eigenvalue weighted by molar-refractivity contribution is 0.220. The van der Waals surface area contributed by atoms with E-state index in [1.54, 1.807) is 7.11 Å². The number of rotatable bonds is 1. The van der Waals surface area contributed by atoms with E-state index in [0.717, 1.165) is 44.3 Å². The number of fused-ring (bicyclic) bond motifs is 6. The van der Waals surface area contributed by atoms with E-state index >= 15 is 0 Å². The minimum atomic E-state index is -0.698. The molecule has 1 heterocycles. The van der Waals surface area contributed by atoms with Crippen LogP contribution in [-0.2, 0) is 0 Å². The number of hydrogen-bond acceptors (Lipinski definition) is 3. The van der Waals surface area contributed by atoms with Crippen molar-refractivity contribution < 1.29 is 9.84 Å². The van der Waals surface area contributed by atoms with Crippen LogP contribution < -0.4 is 4.74 Å². The summed E-state index contributed by atoms with van der Waals surface area (Å²) < 4.78 is 5.43. The normalized spacial score (nSPS) is 16.1. The first-order valence-corrected chi connectivity index (χ1v) is 9.26. The quantitative estimate of drug-likeness (QED) is 0.486. The van der Waals surface area contributed by atoms with E-state index in [0.29, 0.717) is 5.88 Å². The van der Waals surface area contributed by atoms with Gasteiger partial charge in [0.15, 0.2) is 0 Å². The van der Waals surface area contributed by atoms with Crippen molar-refractivity contribution in [3.05, 3.63) is 95.1 Å². The van der Waals surface area contributed by atoms with E-state index in [4.69, 9.17) is 4.74 Å². The molecule has 1 aromatic heterocycles. The molecule has 3 heteroatoms. The van der Waals surface area contributed by atoms with Crippen molar-refractivity contribution >= 4 is 23.1 Å². The summed E-state index contributed by atoms with van der Waals surface area (Å²) in [4.78, 5) is 4.59. The van der Waals surface area contributed by atoms with Crippen LogP contribution in [0.3, 0.4) is 0 Å². The zero-order valence-corrected chi connectivity index (χ0v) is 15.5. The maximum atomic E-state index is 11.0. The molecule has 6 bridgehead atoms. The Balaban J connectivity index is 1.86. The Kier molecular flexibility index (Phi) is 3.96. The molecule has 0 fully saturated rings. The number of hydrogen-bond donors (Lipinski definition) is 1. The minimum Gasteiger partial charge on any atom is -0.481 e. The molecule has 3 aromatic carbocycles. The lowest BCUT2D eigenvalue weighted by atomic mass is 9.95. The molecule has 1 atom stereocenters. The molecule has 4 aromatic rings. The topological polar surface area (TPSA) is 42.4 Å². The van der Waals surface area contributed by atoms with Gasteiger partial charge in [0.2, 0.25) is 5.88 Å². The first-order valence-electron chi connectivity index (χ1n) is 9.26. The third-order valence-corrected chi connectivity index (χ3v) is 5.23. The average molecular weight is 365 g/mol. The molecule has 28 heavy (non-hydrogen) atoms. The first-order chi connectivity index (χ1) is 13.7. The Hall–Kier alpha value is -3.43. The van der Waals surface area contributed by atoms with Crippen molar-refractivity contribution in [2.75, 3.05) is 7.11 Å². The number of aromatic nitrogens is 1. The Morgan fingerprint density at radius 2 is 1.57 bits per heavy atom. The monoisotopic (exact) mass is 365 g/mol. The van der Waals surface area contributed by atoms with Gasteiger partial charge in [-0.25, -0.2) is 4.98 Å². The fourth-order valence-electron chi connectivity index (χ4n) is 3.76. The van der Waals surface area contributed by atoms with Crippen molar-refractivity contribution in [3.63, 3.8) is 0 Å². The maximum absolute atomic E-state index is 11.0. The number of pyridine rings is 1. The van der Waals surface area contributed by atoms with Crippen LogP contribution in [0, 0.1) is 0 Å². The van der Waals surface area contributed by atoms with Crippen LogP contribution in [0.5, 0.6) is 5.88 Å². The molecule has 3 nitrogen and oxygen atoms in total. The average Bonchev–Trinajstić information content (AvgIpc) is 2.76. The molecule has 1 aliphatic carbocycles. The van der Waals surface area contributed by atoms with Gasteiger partial charge in [-0.1, -0.05) is 54.6 Å². The number of benzene rings is 3. The molecule has 1 aliphatic rings. The van der Waals surface area contributed by atoms with Gasteiger partial charge in [0.25, 0.3) is 0 Å². The molecule has 0 saturated heterocycles. The molecule has 1 unspecified atom stereocenters. The molecule has 0 spiro atoms. The molecular weight excluding hydrogens is 346 g/mol. The number of aliphatic hydroxyl groups excluding tert-OH is 1. The van der Waals surface area contributed by atoms with E-state index in [1.165, 1.54) is 0 Å². The highest BCUT2D eigenvalue weighted by Crippen LogP contribution is 2.35. The van der Waals surface area contributed by atoms with Crippen LogP contribution in [0.25, 0.3) is 34.2 Å². The van der Waals surface area contributed by atoms with Crippen LogP contribution in [0.4, 0.5) is 0 Å². The standard InChI is InChI=1S/C25H19NO2/c1-28-24-15-21-18-6-2-4-16(12-18)8-9-17-5-3-7-19(13-17)25(27)20-10-11-23(26-24)22(21)14-20/h2-15,25,27H,1H3/b9-8-. The SMILES string of the molecule is COc1cc2c3cc(ccc3n1)C(O)c1cccc(c1)/C=C\c1cccc-2c1. The second kappa shape index (κ2) is 6.63. The summed E-state index contributed by atoms with van der Waals surface area (Å²) in [6.07, 6.45) is 3.47. The van der Waals surface area contributed by atoms with Gasteiger partial charge in [0.05, 0.1) is 12.6 Å². The number of methoxy groups -OCH3 is 1. The lowest BCUT2D eigenvalue weighted by Gasteiger charge is -2.15. The summed E-state index contributed by atoms with van der Waals surface area (Å²) >= 11 is 0. The zero-order valence-electron chi connectivity index (χ0n) is 15.5. The Morgan fingerprint density at radius 3 is 2.39 bits per heavy atom. The minimum absolute atomic E-state index is 0.577. The van der Waals surface area contributed by atoms with E-state index in [9.17, 15) is 5.11 Å². The third kappa shape index (κ3) is 2.86. The van der Waals surface area contributed by atoms with Crippen LogP contribution in [0.1, 0.15) is 28.4 Å². The summed E-state index contributed by atoms with van der Waals surface area (Å²) in [5, 5.41) is 12.0. The highest BCUT2D eigenvalue weighted by Gasteiger charge is 2.15. The third-order valence-electron chi connectivity index (χ3n) is 5.23. The predicted molar refractivity (Wildman–Crippen MR) is 113 cm³/mol. The molecule has 136 valence electrons. The first kappa shape index (κ1) is 16.7. The van der Waals surface area contributed by atoms with Gasteiger partial charge in [-0.2, -0.15) is 0 Å². The highest BCUT2D eigenvalue weighted by molar-refractivity contribution is 5.96. The molecule has 0 saturated carbocycles. The van der Waals surface area contributed by atoms with Gasteiger partial charge in [0, 0.05) is 11.5 Å². The smallest absolute Gasteiger partial charge is 0.214 e. The van der Waals surface area contributed by atoms with Crippen LogP contribution in [-0.4, -0.2) is 17.2 Å². The van der Waals surface area contributed by atoms with Crippen LogP contribution >= 0.6 is 0 Å². The molecule has 0 aliphatic heterocycles. The van der Waals surface area contributed by atoms with Crippen molar-refractivity contribution in [1.29, 1.82) is 0 Å². The molecule has 0 radical (unpaired) electrons. The molecule has 0 amide bonds. The van der Waals surface area contributed by atoms with Gasteiger partial charge in [0.1, 0.15) is 6.10 Å².